The van der Waals surface area contributed by atoms with Crippen molar-refractivity contribution in [2.75, 3.05) is 12.3 Å². The first kappa shape index (κ1) is 12.8. The molecule has 0 saturated heterocycles. The fraction of sp³-hybridized carbons (Fsp3) is 0.222. The zero-order chi connectivity index (χ0) is 13.5. The smallest absolute Gasteiger partial charge is 0.268 e. The van der Waals surface area contributed by atoms with Crippen molar-refractivity contribution in [3.8, 4) is 0 Å². The Kier molecular flexibility index (Phi) is 3.03. The predicted octanol–water partition coefficient (Wildman–Crippen LogP) is 0.669. The van der Waals surface area contributed by atoms with Crippen LogP contribution >= 0.6 is 12.6 Å². The molecule has 9 heteroatoms. The van der Waals surface area contributed by atoms with E-state index >= 15 is 0 Å². The highest BCUT2D eigenvalue weighted by Gasteiger charge is 2.41. The SMILES string of the molecule is O=C1c2cc([N+](=O)[O-])ccc2S(=O)(=O)N1CCS. The minimum Gasteiger partial charge on any atom is -0.268 e. The molecule has 1 amide bonds. The molecule has 0 radical (unpaired) electrons. The van der Waals surface area contributed by atoms with Gasteiger partial charge in [0.05, 0.1) is 10.5 Å². The summed E-state index contributed by atoms with van der Waals surface area (Å²) in [7, 11) is -3.89. The third-order valence-corrected chi connectivity index (χ3v) is 4.54. The molecule has 0 spiro atoms. The largest absolute Gasteiger partial charge is 0.270 e. The molecule has 96 valence electrons. The minimum atomic E-state index is -3.89. The summed E-state index contributed by atoms with van der Waals surface area (Å²) in [4.78, 5) is 21.6. The van der Waals surface area contributed by atoms with E-state index in [0.717, 1.165) is 18.2 Å². The lowest BCUT2D eigenvalue weighted by molar-refractivity contribution is -0.384. The van der Waals surface area contributed by atoms with E-state index in [9.17, 15) is 23.3 Å². The van der Waals surface area contributed by atoms with Gasteiger partial charge in [-0.3, -0.25) is 14.9 Å². The molecule has 1 aliphatic rings. The van der Waals surface area contributed by atoms with E-state index in [2.05, 4.69) is 12.6 Å². The fourth-order valence-electron chi connectivity index (χ4n) is 1.70. The maximum absolute atomic E-state index is 12.0. The summed E-state index contributed by atoms with van der Waals surface area (Å²) >= 11 is 3.88. The van der Waals surface area contributed by atoms with Crippen molar-refractivity contribution in [1.82, 2.24) is 4.31 Å². The molecule has 1 heterocycles. The van der Waals surface area contributed by atoms with Crippen LogP contribution in [0.3, 0.4) is 0 Å². The van der Waals surface area contributed by atoms with E-state index in [0.29, 0.717) is 4.31 Å². The van der Waals surface area contributed by atoms with Crippen molar-refractivity contribution in [3.63, 3.8) is 0 Å². The number of thiol groups is 1. The van der Waals surface area contributed by atoms with Crippen LogP contribution in [0.25, 0.3) is 0 Å². The number of rotatable bonds is 3. The molecule has 7 nitrogen and oxygen atoms in total. The standard InChI is InChI=1S/C9H8N2O5S2/c12-9-7-5-6(11(13)14)1-2-8(7)18(15,16)10(9)3-4-17/h1-2,5,17H,3-4H2. The molecule has 0 bridgehead atoms. The lowest BCUT2D eigenvalue weighted by Gasteiger charge is -2.12. The summed E-state index contributed by atoms with van der Waals surface area (Å²) in [5.74, 6) is -0.566. The average molecular weight is 288 g/mol. The topological polar surface area (TPSA) is 97.6 Å². The number of hydrogen-bond acceptors (Lipinski definition) is 6. The van der Waals surface area contributed by atoms with Crippen LogP contribution in [0, 0.1) is 10.1 Å². The van der Waals surface area contributed by atoms with Crippen molar-refractivity contribution in [1.29, 1.82) is 0 Å². The predicted molar refractivity (Wildman–Crippen MR) is 65.2 cm³/mol. The van der Waals surface area contributed by atoms with Gasteiger partial charge in [-0.15, -0.1) is 0 Å². The van der Waals surface area contributed by atoms with E-state index in [1.54, 1.807) is 0 Å². The van der Waals surface area contributed by atoms with Crippen LogP contribution in [0.5, 0.6) is 0 Å². The molecule has 0 fully saturated rings. The van der Waals surface area contributed by atoms with E-state index in [1.165, 1.54) is 0 Å². The number of sulfonamides is 1. The number of carbonyl (C=O) groups excluding carboxylic acids is 1. The van der Waals surface area contributed by atoms with Crippen molar-refractivity contribution in [3.05, 3.63) is 33.9 Å². The third-order valence-electron chi connectivity index (χ3n) is 2.50. The summed E-state index contributed by atoms with van der Waals surface area (Å²) < 4.78 is 24.6. The monoisotopic (exact) mass is 288 g/mol. The fourth-order valence-corrected chi connectivity index (χ4v) is 3.58. The molecule has 2 rings (SSSR count). The number of fused-ring (bicyclic) bond motifs is 1. The van der Waals surface area contributed by atoms with Gasteiger partial charge >= 0.3 is 0 Å². The Morgan fingerprint density at radius 1 is 1.39 bits per heavy atom. The van der Waals surface area contributed by atoms with Crippen LogP contribution in [-0.2, 0) is 10.0 Å². The van der Waals surface area contributed by atoms with Crippen molar-refractivity contribution < 1.29 is 18.1 Å². The quantitative estimate of drug-likeness (QED) is 0.501. The van der Waals surface area contributed by atoms with Gasteiger partial charge in [-0.2, -0.15) is 12.6 Å². The molecule has 18 heavy (non-hydrogen) atoms. The number of nitro groups is 1. The van der Waals surface area contributed by atoms with E-state index in [-0.39, 0.29) is 28.4 Å². The molecule has 0 atom stereocenters. The van der Waals surface area contributed by atoms with Gasteiger partial charge < -0.3 is 0 Å². The number of nitro benzene ring substituents is 1. The van der Waals surface area contributed by atoms with Gasteiger partial charge in [-0.25, -0.2) is 12.7 Å². The molecule has 0 N–H and O–H groups in total. The molecule has 0 aliphatic carbocycles. The maximum atomic E-state index is 12.0. The van der Waals surface area contributed by atoms with E-state index < -0.39 is 20.9 Å². The Balaban J connectivity index is 2.61. The second kappa shape index (κ2) is 4.25. The van der Waals surface area contributed by atoms with Crippen LogP contribution < -0.4 is 0 Å². The lowest BCUT2D eigenvalue weighted by Crippen LogP contribution is -2.31. The first-order valence-electron chi connectivity index (χ1n) is 4.86. The third kappa shape index (κ3) is 1.75. The van der Waals surface area contributed by atoms with Gasteiger partial charge in [0.25, 0.3) is 21.6 Å². The van der Waals surface area contributed by atoms with E-state index in [4.69, 9.17) is 0 Å². The van der Waals surface area contributed by atoms with Crippen molar-refractivity contribution >= 4 is 34.2 Å². The molecular formula is C9H8N2O5S2. The van der Waals surface area contributed by atoms with Gasteiger partial charge in [-0.1, -0.05) is 0 Å². The van der Waals surface area contributed by atoms with Crippen LogP contribution in [-0.4, -0.2) is 35.9 Å². The van der Waals surface area contributed by atoms with Crippen LogP contribution in [0.1, 0.15) is 10.4 Å². The number of amides is 1. The summed E-state index contributed by atoms with van der Waals surface area (Å²) in [6.45, 7) is -0.0627. The van der Waals surface area contributed by atoms with E-state index in [1.807, 2.05) is 0 Å². The van der Waals surface area contributed by atoms with Gasteiger partial charge in [0.2, 0.25) is 0 Å². The highest BCUT2D eigenvalue weighted by Crippen LogP contribution is 2.32. The molecule has 0 saturated carbocycles. The molecule has 1 aromatic rings. The first-order valence-corrected chi connectivity index (χ1v) is 6.93. The molecule has 1 aromatic carbocycles. The number of non-ortho nitro benzene ring substituents is 1. The van der Waals surface area contributed by atoms with Gasteiger partial charge in [0.15, 0.2) is 0 Å². The first-order chi connectivity index (χ1) is 8.39. The molecule has 0 aromatic heterocycles. The van der Waals surface area contributed by atoms with Crippen LogP contribution in [0.2, 0.25) is 0 Å². The van der Waals surface area contributed by atoms with Gasteiger partial charge in [-0.05, 0) is 6.07 Å². The highest BCUT2D eigenvalue weighted by molar-refractivity contribution is 7.90. The Bertz CT molecular complexity index is 640. The number of carbonyl (C=O) groups is 1. The average Bonchev–Trinajstić information content (AvgIpc) is 2.51. The maximum Gasteiger partial charge on any atom is 0.270 e. The second-order valence-corrected chi connectivity index (χ2v) is 5.82. The second-order valence-electron chi connectivity index (χ2n) is 3.54. The number of benzene rings is 1. The lowest BCUT2D eigenvalue weighted by atomic mass is 10.2. The molecule has 1 aliphatic heterocycles. The Morgan fingerprint density at radius 2 is 2.06 bits per heavy atom. The highest BCUT2D eigenvalue weighted by atomic mass is 32.2. The summed E-state index contributed by atoms with van der Waals surface area (Å²) in [6, 6.07) is 3.13. The molecular weight excluding hydrogens is 280 g/mol. The zero-order valence-electron chi connectivity index (χ0n) is 8.94. The normalized spacial score (nSPS) is 16.7. The zero-order valence-corrected chi connectivity index (χ0v) is 10.6. The van der Waals surface area contributed by atoms with Crippen LogP contribution in [0.15, 0.2) is 23.1 Å². The van der Waals surface area contributed by atoms with Crippen molar-refractivity contribution in [2.45, 2.75) is 4.90 Å². The summed E-state index contributed by atoms with van der Waals surface area (Å²) in [6.07, 6.45) is 0. The Morgan fingerprint density at radius 3 is 2.61 bits per heavy atom. The number of nitrogens with zero attached hydrogens (tertiary/aromatic N) is 2. The van der Waals surface area contributed by atoms with Gasteiger partial charge in [0, 0.05) is 24.4 Å². The Labute approximate surface area is 108 Å². The van der Waals surface area contributed by atoms with Crippen molar-refractivity contribution in [2.24, 2.45) is 0 Å². The Hall–Kier alpha value is -1.61. The molecule has 0 unspecified atom stereocenters. The minimum absolute atomic E-state index is 0.0627. The van der Waals surface area contributed by atoms with Crippen LogP contribution in [0.4, 0.5) is 5.69 Å². The summed E-state index contributed by atoms with van der Waals surface area (Å²) in [5.41, 5.74) is -0.476. The summed E-state index contributed by atoms with van der Waals surface area (Å²) in [5, 5.41) is 10.6. The van der Waals surface area contributed by atoms with Gasteiger partial charge in [0.1, 0.15) is 4.90 Å². The number of hydrogen-bond donors (Lipinski definition) is 1.